The Morgan fingerprint density at radius 1 is 1.38 bits per heavy atom. The van der Waals surface area contributed by atoms with Crippen LogP contribution in [-0.4, -0.2) is 18.6 Å². The van der Waals surface area contributed by atoms with Crippen molar-refractivity contribution in [1.82, 2.24) is 10.1 Å². The largest absolute Gasteiger partial charge is 0.482 e. The van der Waals surface area contributed by atoms with Gasteiger partial charge in [0.15, 0.2) is 12.4 Å². The van der Waals surface area contributed by atoms with E-state index < -0.39 is 9.05 Å². The average Bonchev–Trinajstić information content (AvgIpc) is 2.84. The molecule has 21 heavy (non-hydrogen) atoms. The number of benzene rings is 1. The molecule has 0 aliphatic carbocycles. The molecule has 8 heteroatoms. The Labute approximate surface area is 127 Å². The van der Waals surface area contributed by atoms with Gasteiger partial charge in [0.2, 0.25) is 0 Å². The third kappa shape index (κ3) is 4.18. The molecule has 1 aromatic carbocycles. The lowest BCUT2D eigenvalue weighted by atomic mass is 10.2. The molecule has 6 nitrogen and oxygen atoms in total. The molecule has 1 heterocycles. The van der Waals surface area contributed by atoms with E-state index >= 15 is 0 Å². The van der Waals surface area contributed by atoms with Gasteiger partial charge >= 0.3 is 0 Å². The Morgan fingerprint density at radius 3 is 2.81 bits per heavy atom. The standard InChI is InChI=1S/C13H15ClN2O4S/c1-3-4-12-15-13(20-16-12)8-19-10-6-5-9(2)7-11(10)21(14,17)18/h5-7H,3-4,8H2,1-2H3. The summed E-state index contributed by atoms with van der Waals surface area (Å²) in [4.78, 5) is 4.07. The molecule has 0 N–H and O–H groups in total. The van der Waals surface area contributed by atoms with E-state index in [-0.39, 0.29) is 23.1 Å². The van der Waals surface area contributed by atoms with Crippen molar-refractivity contribution in [2.24, 2.45) is 0 Å². The van der Waals surface area contributed by atoms with Crippen molar-refractivity contribution in [3.05, 3.63) is 35.5 Å². The summed E-state index contributed by atoms with van der Waals surface area (Å²) in [5.74, 6) is 1.05. The van der Waals surface area contributed by atoms with Crippen LogP contribution >= 0.6 is 10.7 Å². The number of nitrogens with zero attached hydrogens (tertiary/aromatic N) is 2. The summed E-state index contributed by atoms with van der Waals surface area (Å²) < 4.78 is 33.5. The van der Waals surface area contributed by atoms with Gasteiger partial charge < -0.3 is 9.26 Å². The predicted molar refractivity (Wildman–Crippen MR) is 76.8 cm³/mol. The molecule has 0 unspecified atom stereocenters. The van der Waals surface area contributed by atoms with Crippen LogP contribution in [0.3, 0.4) is 0 Å². The van der Waals surface area contributed by atoms with Crippen LogP contribution in [0.25, 0.3) is 0 Å². The fourth-order valence-electron chi connectivity index (χ4n) is 1.74. The van der Waals surface area contributed by atoms with E-state index in [4.69, 9.17) is 19.9 Å². The maximum absolute atomic E-state index is 11.5. The zero-order valence-corrected chi connectivity index (χ0v) is 13.2. The van der Waals surface area contributed by atoms with Crippen LogP contribution in [0.4, 0.5) is 0 Å². The van der Waals surface area contributed by atoms with Crippen molar-refractivity contribution in [2.45, 2.75) is 38.2 Å². The highest BCUT2D eigenvalue weighted by Crippen LogP contribution is 2.28. The minimum atomic E-state index is -3.88. The zero-order chi connectivity index (χ0) is 15.5. The number of rotatable bonds is 6. The SMILES string of the molecule is CCCc1noc(COc2ccc(C)cc2S(=O)(=O)Cl)n1. The van der Waals surface area contributed by atoms with Gasteiger partial charge in [-0.1, -0.05) is 18.1 Å². The van der Waals surface area contributed by atoms with Crippen molar-refractivity contribution in [3.8, 4) is 5.75 Å². The Bertz CT molecular complexity index is 728. The van der Waals surface area contributed by atoms with E-state index in [1.165, 1.54) is 6.07 Å². The summed E-state index contributed by atoms with van der Waals surface area (Å²) in [5.41, 5.74) is 0.768. The fraction of sp³-hybridized carbons (Fsp3) is 0.385. The Kier molecular flexibility index (Phi) is 4.84. The van der Waals surface area contributed by atoms with Crippen molar-refractivity contribution in [1.29, 1.82) is 0 Å². The lowest BCUT2D eigenvalue weighted by Crippen LogP contribution is -2.01. The molecule has 2 rings (SSSR count). The highest BCUT2D eigenvalue weighted by molar-refractivity contribution is 8.13. The first-order chi connectivity index (χ1) is 9.90. The summed E-state index contributed by atoms with van der Waals surface area (Å²) in [6.07, 6.45) is 1.63. The Balaban J connectivity index is 2.16. The van der Waals surface area contributed by atoms with Crippen LogP contribution in [0, 0.1) is 6.92 Å². The molecule has 0 aliphatic heterocycles. The van der Waals surface area contributed by atoms with Gasteiger partial charge in [-0.25, -0.2) is 8.42 Å². The third-order valence-electron chi connectivity index (χ3n) is 2.70. The summed E-state index contributed by atoms with van der Waals surface area (Å²) in [6, 6.07) is 4.74. The van der Waals surface area contributed by atoms with Crippen LogP contribution in [0.2, 0.25) is 0 Å². The van der Waals surface area contributed by atoms with Gasteiger partial charge in [0, 0.05) is 17.1 Å². The molecule has 2 aromatic rings. The molecular weight excluding hydrogens is 316 g/mol. The van der Waals surface area contributed by atoms with E-state index in [1.54, 1.807) is 19.1 Å². The lowest BCUT2D eigenvalue weighted by molar-refractivity contribution is 0.237. The van der Waals surface area contributed by atoms with Crippen molar-refractivity contribution >= 4 is 19.7 Å². The lowest BCUT2D eigenvalue weighted by Gasteiger charge is -2.08. The van der Waals surface area contributed by atoms with Gasteiger partial charge in [-0.2, -0.15) is 4.98 Å². The quantitative estimate of drug-likeness (QED) is 0.757. The van der Waals surface area contributed by atoms with E-state index in [0.29, 0.717) is 5.82 Å². The second-order valence-electron chi connectivity index (χ2n) is 4.53. The van der Waals surface area contributed by atoms with Crippen LogP contribution in [-0.2, 0) is 22.1 Å². The van der Waals surface area contributed by atoms with E-state index in [9.17, 15) is 8.42 Å². The van der Waals surface area contributed by atoms with E-state index in [0.717, 1.165) is 18.4 Å². The van der Waals surface area contributed by atoms with Crippen molar-refractivity contribution in [3.63, 3.8) is 0 Å². The number of aryl methyl sites for hydroxylation is 2. The number of aromatic nitrogens is 2. The fourth-order valence-corrected chi connectivity index (χ4v) is 2.79. The molecule has 114 valence electrons. The molecular formula is C13H15ClN2O4S. The summed E-state index contributed by atoms with van der Waals surface area (Å²) in [7, 11) is 1.52. The molecule has 0 saturated heterocycles. The molecule has 0 spiro atoms. The topological polar surface area (TPSA) is 82.3 Å². The molecule has 0 saturated carbocycles. The van der Waals surface area contributed by atoms with Crippen molar-refractivity contribution in [2.75, 3.05) is 0 Å². The number of halogens is 1. The summed E-state index contributed by atoms with van der Waals surface area (Å²) in [6.45, 7) is 3.76. The molecule has 0 aliphatic rings. The number of ether oxygens (including phenoxy) is 1. The highest BCUT2D eigenvalue weighted by Gasteiger charge is 2.18. The van der Waals surface area contributed by atoms with Gasteiger partial charge in [0.25, 0.3) is 14.9 Å². The third-order valence-corrected chi connectivity index (χ3v) is 4.04. The molecule has 0 atom stereocenters. The van der Waals surface area contributed by atoms with Gasteiger partial charge in [-0.05, 0) is 31.0 Å². The minimum Gasteiger partial charge on any atom is -0.482 e. The number of hydrogen-bond donors (Lipinski definition) is 0. The molecule has 0 fully saturated rings. The molecule has 1 aromatic heterocycles. The van der Waals surface area contributed by atoms with Gasteiger partial charge in [-0.3, -0.25) is 0 Å². The molecule has 0 bridgehead atoms. The van der Waals surface area contributed by atoms with Crippen molar-refractivity contribution < 1.29 is 17.7 Å². The maximum atomic E-state index is 11.5. The minimum absolute atomic E-state index is 0.0147. The normalized spacial score (nSPS) is 11.6. The van der Waals surface area contributed by atoms with Gasteiger partial charge in [-0.15, -0.1) is 0 Å². The monoisotopic (exact) mass is 330 g/mol. The van der Waals surface area contributed by atoms with Gasteiger partial charge in [0.1, 0.15) is 10.6 Å². The Hall–Kier alpha value is -1.60. The second kappa shape index (κ2) is 6.44. The summed E-state index contributed by atoms with van der Waals surface area (Å²) in [5, 5.41) is 3.79. The summed E-state index contributed by atoms with van der Waals surface area (Å²) >= 11 is 0. The van der Waals surface area contributed by atoms with Gasteiger partial charge in [0.05, 0.1) is 0 Å². The Morgan fingerprint density at radius 2 is 2.14 bits per heavy atom. The first-order valence-electron chi connectivity index (χ1n) is 6.39. The van der Waals surface area contributed by atoms with Crippen LogP contribution in [0.5, 0.6) is 5.75 Å². The van der Waals surface area contributed by atoms with Crippen LogP contribution < -0.4 is 4.74 Å². The second-order valence-corrected chi connectivity index (χ2v) is 7.07. The predicted octanol–water partition coefficient (Wildman–Crippen LogP) is 2.84. The molecule has 0 amide bonds. The highest BCUT2D eigenvalue weighted by atomic mass is 35.7. The number of hydrogen-bond acceptors (Lipinski definition) is 6. The van der Waals surface area contributed by atoms with Crippen LogP contribution in [0.15, 0.2) is 27.6 Å². The molecule has 0 radical (unpaired) electrons. The maximum Gasteiger partial charge on any atom is 0.264 e. The zero-order valence-electron chi connectivity index (χ0n) is 11.7. The smallest absolute Gasteiger partial charge is 0.264 e. The first kappa shape index (κ1) is 15.8. The van der Waals surface area contributed by atoms with E-state index in [2.05, 4.69) is 10.1 Å². The average molecular weight is 331 g/mol. The first-order valence-corrected chi connectivity index (χ1v) is 8.70. The van der Waals surface area contributed by atoms with Crippen LogP contribution in [0.1, 0.15) is 30.6 Å². The van der Waals surface area contributed by atoms with E-state index in [1.807, 2.05) is 6.92 Å².